The normalized spacial score (nSPS) is 10.5. The van der Waals surface area contributed by atoms with Crippen LogP contribution in [0.1, 0.15) is 18.7 Å². The molecule has 3 nitrogen and oxygen atoms in total. The molecule has 0 saturated carbocycles. The van der Waals surface area contributed by atoms with Gasteiger partial charge in [-0.3, -0.25) is 0 Å². The Kier molecular flexibility index (Phi) is 4.62. The first kappa shape index (κ1) is 11.2. The Balaban J connectivity index is 2.12. The third kappa shape index (κ3) is 4.39. The summed E-state index contributed by atoms with van der Waals surface area (Å²) in [6.07, 6.45) is -0.0761. The minimum atomic E-state index is -0.309. The maximum Gasteiger partial charge on any atom is 0.332 e. The molecule has 0 N–H and O–H groups in total. The fourth-order valence-corrected chi connectivity index (χ4v) is 1.57. The van der Waals surface area contributed by atoms with Gasteiger partial charge in [-0.2, -0.15) is 0 Å². The first-order valence-corrected chi connectivity index (χ1v) is 5.36. The van der Waals surface area contributed by atoms with E-state index in [1.807, 2.05) is 31.4 Å². The van der Waals surface area contributed by atoms with Gasteiger partial charge in [0, 0.05) is 4.88 Å². The van der Waals surface area contributed by atoms with Crippen LogP contribution in [-0.2, 0) is 20.9 Å². The van der Waals surface area contributed by atoms with E-state index in [1.54, 1.807) is 11.3 Å². The van der Waals surface area contributed by atoms with Gasteiger partial charge in [-0.15, -0.1) is 11.3 Å². The molecule has 0 aliphatic carbocycles. The molecule has 1 aromatic heterocycles. The van der Waals surface area contributed by atoms with Crippen LogP contribution in [0.5, 0.6) is 0 Å². The number of hydrogen-bond donors (Lipinski definition) is 0. The third-order valence-electron chi connectivity index (χ3n) is 1.41. The Morgan fingerprint density at radius 2 is 2.36 bits per heavy atom. The van der Waals surface area contributed by atoms with E-state index in [2.05, 4.69) is 0 Å². The van der Waals surface area contributed by atoms with Gasteiger partial charge in [0.1, 0.15) is 6.61 Å². The summed E-state index contributed by atoms with van der Waals surface area (Å²) in [6.45, 7) is 4.13. The summed E-state index contributed by atoms with van der Waals surface area (Å²) in [6, 6.07) is 3.92. The van der Waals surface area contributed by atoms with Crippen LogP contribution in [-0.4, -0.2) is 18.7 Å². The number of thiophene rings is 1. The summed E-state index contributed by atoms with van der Waals surface area (Å²) in [4.78, 5) is 12.2. The Morgan fingerprint density at radius 1 is 1.57 bits per heavy atom. The fraction of sp³-hybridized carbons (Fsp3) is 0.500. The van der Waals surface area contributed by atoms with Crippen molar-refractivity contribution in [1.82, 2.24) is 0 Å². The Morgan fingerprint density at radius 3 is 2.93 bits per heavy atom. The number of rotatable bonds is 5. The molecule has 14 heavy (non-hydrogen) atoms. The summed E-state index contributed by atoms with van der Waals surface area (Å²) in [5, 5.41) is 1.98. The molecule has 0 atom stereocenters. The summed E-state index contributed by atoms with van der Waals surface area (Å²) < 4.78 is 10.1. The van der Waals surface area contributed by atoms with E-state index in [-0.39, 0.29) is 18.7 Å². The molecule has 4 heteroatoms. The quantitative estimate of drug-likeness (QED) is 0.705. The monoisotopic (exact) mass is 214 g/mol. The lowest BCUT2D eigenvalue weighted by Gasteiger charge is -2.07. The Labute approximate surface area is 87.7 Å². The van der Waals surface area contributed by atoms with Crippen molar-refractivity contribution >= 4 is 17.3 Å². The maximum absolute atomic E-state index is 11.0. The molecule has 0 radical (unpaired) electrons. The average molecular weight is 214 g/mol. The van der Waals surface area contributed by atoms with Gasteiger partial charge in [-0.25, -0.2) is 4.79 Å². The van der Waals surface area contributed by atoms with E-state index in [4.69, 9.17) is 9.47 Å². The molecule has 0 fully saturated rings. The van der Waals surface area contributed by atoms with Gasteiger partial charge in [0.05, 0.1) is 12.7 Å². The summed E-state index contributed by atoms with van der Waals surface area (Å²) in [5.41, 5.74) is 0. The molecule has 0 saturated heterocycles. The molecular weight excluding hydrogens is 200 g/mol. The summed E-state index contributed by atoms with van der Waals surface area (Å²) >= 11 is 1.61. The van der Waals surface area contributed by atoms with Crippen LogP contribution in [0.15, 0.2) is 17.5 Å². The largest absolute Gasteiger partial charge is 0.461 e. The molecule has 78 valence electrons. The van der Waals surface area contributed by atoms with E-state index in [0.717, 1.165) is 4.88 Å². The number of ether oxygens (including phenoxy) is 2. The topological polar surface area (TPSA) is 35.5 Å². The van der Waals surface area contributed by atoms with Crippen LogP contribution < -0.4 is 0 Å². The number of esters is 1. The standard InChI is InChI=1S/C10H14O3S/c1-8(2)13-10(11)7-12-6-9-4-3-5-14-9/h3-5,8H,6-7H2,1-2H3. The van der Waals surface area contributed by atoms with Crippen molar-refractivity contribution in [2.75, 3.05) is 6.61 Å². The van der Waals surface area contributed by atoms with E-state index in [1.165, 1.54) is 0 Å². The van der Waals surface area contributed by atoms with Crippen LogP contribution in [0.2, 0.25) is 0 Å². The van der Waals surface area contributed by atoms with Gasteiger partial charge in [-0.1, -0.05) is 6.07 Å². The summed E-state index contributed by atoms with van der Waals surface area (Å²) in [5.74, 6) is -0.309. The second-order valence-corrected chi connectivity index (χ2v) is 4.14. The van der Waals surface area contributed by atoms with E-state index in [9.17, 15) is 4.79 Å². The predicted octanol–water partition coefficient (Wildman–Crippen LogP) is 2.22. The minimum Gasteiger partial charge on any atom is -0.461 e. The highest BCUT2D eigenvalue weighted by Crippen LogP contribution is 2.09. The highest BCUT2D eigenvalue weighted by molar-refractivity contribution is 7.09. The third-order valence-corrected chi connectivity index (χ3v) is 2.26. The molecule has 0 amide bonds. The second kappa shape index (κ2) is 5.78. The van der Waals surface area contributed by atoms with Gasteiger partial charge >= 0.3 is 5.97 Å². The van der Waals surface area contributed by atoms with Crippen molar-refractivity contribution < 1.29 is 14.3 Å². The number of hydrogen-bond acceptors (Lipinski definition) is 4. The van der Waals surface area contributed by atoms with Crippen LogP contribution in [0, 0.1) is 0 Å². The zero-order chi connectivity index (χ0) is 10.4. The molecular formula is C10H14O3S. The average Bonchev–Trinajstić information content (AvgIpc) is 2.55. The number of carbonyl (C=O) groups is 1. The molecule has 0 spiro atoms. The SMILES string of the molecule is CC(C)OC(=O)COCc1cccs1. The van der Waals surface area contributed by atoms with Crippen molar-refractivity contribution in [3.63, 3.8) is 0 Å². The Bertz CT molecular complexity index is 267. The first-order valence-electron chi connectivity index (χ1n) is 4.48. The smallest absolute Gasteiger partial charge is 0.332 e. The van der Waals surface area contributed by atoms with Crippen molar-refractivity contribution in [3.8, 4) is 0 Å². The van der Waals surface area contributed by atoms with Crippen LogP contribution in [0.25, 0.3) is 0 Å². The van der Waals surface area contributed by atoms with Crippen molar-refractivity contribution in [2.45, 2.75) is 26.6 Å². The van der Waals surface area contributed by atoms with Gasteiger partial charge < -0.3 is 9.47 Å². The molecule has 1 rings (SSSR count). The molecule has 1 aromatic rings. The van der Waals surface area contributed by atoms with Crippen molar-refractivity contribution in [2.24, 2.45) is 0 Å². The van der Waals surface area contributed by atoms with Crippen LogP contribution in [0.3, 0.4) is 0 Å². The molecule has 0 aliphatic heterocycles. The summed E-state index contributed by atoms with van der Waals surface area (Å²) in [7, 11) is 0. The lowest BCUT2D eigenvalue weighted by Crippen LogP contribution is -2.16. The molecule has 0 bridgehead atoms. The minimum absolute atomic E-state index is 0.0239. The number of carbonyl (C=O) groups excluding carboxylic acids is 1. The van der Waals surface area contributed by atoms with Crippen LogP contribution in [0.4, 0.5) is 0 Å². The van der Waals surface area contributed by atoms with Gasteiger partial charge in [0.25, 0.3) is 0 Å². The van der Waals surface area contributed by atoms with E-state index < -0.39 is 0 Å². The molecule has 1 heterocycles. The Hall–Kier alpha value is -0.870. The lowest BCUT2D eigenvalue weighted by atomic mass is 10.5. The zero-order valence-electron chi connectivity index (χ0n) is 8.36. The molecule has 0 aromatic carbocycles. The predicted molar refractivity (Wildman–Crippen MR) is 55.2 cm³/mol. The van der Waals surface area contributed by atoms with Crippen LogP contribution >= 0.6 is 11.3 Å². The fourth-order valence-electron chi connectivity index (χ4n) is 0.927. The molecule has 0 aliphatic rings. The maximum atomic E-state index is 11.0. The highest BCUT2D eigenvalue weighted by atomic mass is 32.1. The van der Waals surface area contributed by atoms with Gasteiger partial charge in [-0.05, 0) is 25.3 Å². The van der Waals surface area contributed by atoms with Crippen molar-refractivity contribution in [1.29, 1.82) is 0 Å². The first-order chi connectivity index (χ1) is 6.68. The van der Waals surface area contributed by atoms with Gasteiger partial charge in [0.15, 0.2) is 0 Å². The van der Waals surface area contributed by atoms with E-state index in [0.29, 0.717) is 6.61 Å². The second-order valence-electron chi connectivity index (χ2n) is 3.11. The molecule has 0 unspecified atom stereocenters. The van der Waals surface area contributed by atoms with E-state index >= 15 is 0 Å². The zero-order valence-corrected chi connectivity index (χ0v) is 9.17. The van der Waals surface area contributed by atoms with Gasteiger partial charge in [0.2, 0.25) is 0 Å². The van der Waals surface area contributed by atoms with Crippen molar-refractivity contribution in [3.05, 3.63) is 22.4 Å². The highest BCUT2D eigenvalue weighted by Gasteiger charge is 2.05. The lowest BCUT2D eigenvalue weighted by molar-refractivity contribution is -0.153.